The molecule has 0 saturated carbocycles. The van der Waals surface area contributed by atoms with E-state index in [1.165, 1.54) is 19.2 Å². The summed E-state index contributed by atoms with van der Waals surface area (Å²) in [4.78, 5) is 35.8. The highest BCUT2D eigenvalue weighted by Crippen LogP contribution is 2.28. The van der Waals surface area contributed by atoms with Crippen LogP contribution in [0.1, 0.15) is 30.6 Å². The van der Waals surface area contributed by atoms with Crippen LogP contribution in [-0.2, 0) is 19.1 Å². The summed E-state index contributed by atoms with van der Waals surface area (Å²) >= 11 is 11.7. The van der Waals surface area contributed by atoms with E-state index in [1.54, 1.807) is 6.92 Å². The lowest BCUT2D eigenvalue weighted by Crippen LogP contribution is -2.47. The molecule has 0 aliphatic heterocycles. The lowest BCUT2D eigenvalue weighted by Gasteiger charge is -2.21. The van der Waals surface area contributed by atoms with Crippen LogP contribution in [0.2, 0.25) is 10.0 Å². The van der Waals surface area contributed by atoms with Crippen molar-refractivity contribution in [2.45, 2.75) is 26.3 Å². The van der Waals surface area contributed by atoms with Gasteiger partial charge in [0.25, 0.3) is 5.91 Å². The number of rotatable bonds is 7. The third-order valence-electron chi connectivity index (χ3n) is 3.63. The number of amides is 1. The lowest BCUT2D eigenvalue weighted by atomic mass is 9.99. The molecule has 0 spiro atoms. The minimum absolute atomic E-state index is 0.00326. The number of nitrogens with two attached hydrogens (primary N) is 1. The summed E-state index contributed by atoms with van der Waals surface area (Å²) < 4.78 is 9.57. The van der Waals surface area contributed by atoms with E-state index >= 15 is 0 Å². The Morgan fingerprint density at radius 1 is 1.28 bits per heavy atom. The maximum Gasteiger partial charge on any atom is 0.340 e. The van der Waals surface area contributed by atoms with Crippen LogP contribution in [-0.4, -0.2) is 37.6 Å². The van der Waals surface area contributed by atoms with Gasteiger partial charge < -0.3 is 20.5 Å². The van der Waals surface area contributed by atoms with E-state index in [4.69, 9.17) is 33.7 Å². The van der Waals surface area contributed by atoms with Gasteiger partial charge in [0.15, 0.2) is 6.61 Å². The van der Waals surface area contributed by atoms with Gasteiger partial charge in [0.1, 0.15) is 6.04 Å². The van der Waals surface area contributed by atoms with E-state index < -0.39 is 30.5 Å². The molecule has 0 fully saturated rings. The van der Waals surface area contributed by atoms with Crippen molar-refractivity contribution in [1.82, 2.24) is 5.32 Å². The maximum absolute atomic E-state index is 12.0. The van der Waals surface area contributed by atoms with Gasteiger partial charge in [0, 0.05) is 5.02 Å². The second-order valence-corrected chi connectivity index (χ2v) is 6.22. The number of anilines is 1. The predicted octanol–water partition coefficient (Wildman–Crippen LogP) is 2.44. The van der Waals surface area contributed by atoms with E-state index in [1.807, 2.05) is 6.92 Å². The summed E-state index contributed by atoms with van der Waals surface area (Å²) in [5.74, 6) is -2.21. The Morgan fingerprint density at radius 3 is 2.48 bits per heavy atom. The van der Waals surface area contributed by atoms with Crippen LogP contribution in [0.4, 0.5) is 5.69 Å². The SMILES string of the molecule is CC[C@@H](C)[C@H](NC(=O)COC(=O)c1cc(Cl)cc(Cl)c1N)C(=O)OC. The number of carbonyl (C=O) groups is 3. The minimum atomic E-state index is -0.852. The van der Waals surface area contributed by atoms with Crippen molar-refractivity contribution in [2.24, 2.45) is 5.92 Å². The molecule has 9 heteroatoms. The van der Waals surface area contributed by atoms with Gasteiger partial charge in [-0.25, -0.2) is 9.59 Å². The molecule has 1 amide bonds. The van der Waals surface area contributed by atoms with Gasteiger partial charge in [0.2, 0.25) is 0 Å². The van der Waals surface area contributed by atoms with Gasteiger partial charge in [-0.1, -0.05) is 43.5 Å². The first-order valence-electron chi connectivity index (χ1n) is 7.50. The van der Waals surface area contributed by atoms with Crippen LogP contribution in [0.3, 0.4) is 0 Å². The normalized spacial score (nSPS) is 12.8. The number of nitrogen functional groups attached to an aromatic ring is 1. The molecule has 0 heterocycles. The fourth-order valence-electron chi connectivity index (χ4n) is 1.97. The van der Waals surface area contributed by atoms with Crippen molar-refractivity contribution in [2.75, 3.05) is 19.5 Å². The summed E-state index contributed by atoms with van der Waals surface area (Å²) in [5, 5.41) is 2.80. The smallest absolute Gasteiger partial charge is 0.340 e. The van der Waals surface area contributed by atoms with Crippen LogP contribution < -0.4 is 11.1 Å². The fourth-order valence-corrected chi connectivity index (χ4v) is 2.47. The topological polar surface area (TPSA) is 108 Å². The zero-order valence-corrected chi connectivity index (χ0v) is 15.6. The molecule has 0 radical (unpaired) electrons. The van der Waals surface area contributed by atoms with Gasteiger partial charge in [-0.15, -0.1) is 0 Å². The largest absolute Gasteiger partial charge is 0.467 e. The Bertz CT molecular complexity index is 666. The number of ether oxygens (including phenoxy) is 2. The Kier molecular flexibility index (Phi) is 7.99. The average Bonchev–Trinajstić information content (AvgIpc) is 2.59. The molecule has 0 aliphatic rings. The third kappa shape index (κ3) is 5.79. The summed E-state index contributed by atoms with van der Waals surface area (Å²) in [6.45, 7) is 3.08. The molecule has 0 bridgehead atoms. The standard InChI is InChI=1S/C16H20Cl2N2O5/c1-4-8(2)14(16(23)24-3)20-12(21)7-25-15(22)10-5-9(17)6-11(18)13(10)19/h5-6,8,14H,4,7,19H2,1-3H3,(H,20,21)/t8-,14+/m1/s1. The molecule has 25 heavy (non-hydrogen) atoms. The molecule has 1 rings (SSSR count). The minimum Gasteiger partial charge on any atom is -0.467 e. The van der Waals surface area contributed by atoms with Gasteiger partial charge in [-0.05, 0) is 18.1 Å². The molecule has 3 N–H and O–H groups in total. The number of carbonyl (C=O) groups excluding carboxylic acids is 3. The van der Waals surface area contributed by atoms with Crippen molar-refractivity contribution in [1.29, 1.82) is 0 Å². The highest BCUT2D eigenvalue weighted by molar-refractivity contribution is 6.37. The zero-order chi connectivity index (χ0) is 19.1. The van der Waals surface area contributed by atoms with Gasteiger partial charge >= 0.3 is 11.9 Å². The number of nitrogens with one attached hydrogen (secondary N) is 1. The van der Waals surface area contributed by atoms with Crippen molar-refractivity contribution in [3.05, 3.63) is 27.7 Å². The first kappa shape index (κ1) is 21.1. The number of halogens is 2. The fraction of sp³-hybridized carbons (Fsp3) is 0.438. The monoisotopic (exact) mass is 390 g/mol. The Labute approximate surface area is 155 Å². The first-order chi connectivity index (χ1) is 11.7. The number of benzene rings is 1. The quantitative estimate of drug-likeness (QED) is 0.546. The van der Waals surface area contributed by atoms with Crippen molar-refractivity contribution >= 4 is 46.7 Å². The van der Waals surface area contributed by atoms with Crippen molar-refractivity contribution in [3.8, 4) is 0 Å². The van der Waals surface area contributed by atoms with E-state index in [-0.39, 0.29) is 27.2 Å². The summed E-state index contributed by atoms with van der Waals surface area (Å²) in [6.07, 6.45) is 0.650. The predicted molar refractivity (Wildman–Crippen MR) is 94.6 cm³/mol. The molecular formula is C16H20Cl2N2O5. The van der Waals surface area contributed by atoms with Crippen LogP contribution in [0.25, 0.3) is 0 Å². The summed E-state index contributed by atoms with van der Waals surface area (Å²) in [5.41, 5.74) is 5.66. The molecule has 0 saturated heterocycles. The van der Waals surface area contributed by atoms with Crippen LogP contribution in [0.15, 0.2) is 12.1 Å². The molecule has 138 valence electrons. The van der Waals surface area contributed by atoms with Crippen molar-refractivity contribution in [3.63, 3.8) is 0 Å². The van der Waals surface area contributed by atoms with E-state index in [2.05, 4.69) is 10.1 Å². The third-order valence-corrected chi connectivity index (χ3v) is 4.16. The number of methoxy groups -OCH3 is 1. The molecule has 0 unspecified atom stereocenters. The van der Waals surface area contributed by atoms with Crippen molar-refractivity contribution < 1.29 is 23.9 Å². The molecule has 0 aromatic heterocycles. The average molecular weight is 391 g/mol. The summed E-state index contributed by atoms with van der Waals surface area (Å²) in [7, 11) is 1.23. The van der Waals surface area contributed by atoms with Gasteiger partial charge in [-0.3, -0.25) is 4.79 Å². The first-order valence-corrected chi connectivity index (χ1v) is 8.25. The molecule has 1 aromatic rings. The molecule has 1 aromatic carbocycles. The Hall–Kier alpha value is -1.99. The highest BCUT2D eigenvalue weighted by atomic mass is 35.5. The maximum atomic E-state index is 12.0. The Morgan fingerprint density at radius 2 is 1.92 bits per heavy atom. The second-order valence-electron chi connectivity index (χ2n) is 5.38. The van der Waals surface area contributed by atoms with Gasteiger partial charge in [0.05, 0.1) is 23.4 Å². The Balaban J connectivity index is 2.72. The molecule has 7 nitrogen and oxygen atoms in total. The lowest BCUT2D eigenvalue weighted by molar-refractivity contribution is -0.147. The number of hydrogen-bond donors (Lipinski definition) is 2. The molecule has 0 aliphatic carbocycles. The van der Waals surface area contributed by atoms with Gasteiger partial charge in [-0.2, -0.15) is 0 Å². The van der Waals surface area contributed by atoms with E-state index in [0.29, 0.717) is 6.42 Å². The van der Waals surface area contributed by atoms with Crippen LogP contribution in [0, 0.1) is 5.92 Å². The summed E-state index contributed by atoms with van der Waals surface area (Å²) in [6, 6.07) is 1.85. The van der Waals surface area contributed by atoms with E-state index in [9.17, 15) is 14.4 Å². The van der Waals surface area contributed by atoms with Crippen LogP contribution in [0.5, 0.6) is 0 Å². The zero-order valence-electron chi connectivity index (χ0n) is 14.1. The number of esters is 2. The highest BCUT2D eigenvalue weighted by Gasteiger charge is 2.27. The van der Waals surface area contributed by atoms with Crippen LogP contribution >= 0.6 is 23.2 Å². The molecular weight excluding hydrogens is 371 g/mol. The van der Waals surface area contributed by atoms with E-state index in [0.717, 1.165) is 0 Å². The number of hydrogen-bond acceptors (Lipinski definition) is 6. The molecule has 2 atom stereocenters. The second kappa shape index (κ2) is 9.48.